The third kappa shape index (κ3) is 3.33. The molecule has 3 N–H and O–H groups in total. The lowest BCUT2D eigenvalue weighted by Crippen LogP contribution is -2.16. The molecule has 2 aromatic carbocycles. The Morgan fingerprint density at radius 1 is 1.18 bits per heavy atom. The fourth-order valence-electron chi connectivity index (χ4n) is 2.67. The van der Waals surface area contributed by atoms with Gasteiger partial charge in [0.25, 0.3) is 5.91 Å². The van der Waals surface area contributed by atoms with Gasteiger partial charge >= 0.3 is 0 Å². The van der Waals surface area contributed by atoms with Crippen LogP contribution < -0.4 is 5.73 Å². The Morgan fingerprint density at radius 2 is 1.96 bits per heavy atom. The molecule has 0 saturated carbocycles. The van der Waals surface area contributed by atoms with Crippen LogP contribution in [0.15, 0.2) is 40.6 Å². The van der Waals surface area contributed by atoms with Crippen LogP contribution in [0.3, 0.4) is 0 Å². The Kier molecular flexibility index (Phi) is 4.96. The van der Waals surface area contributed by atoms with E-state index in [1.165, 1.54) is 34.6 Å². The number of phenols is 1. The predicted molar refractivity (Wildman–Crippen MR) is 110 cm³/mol. The van der Waals surface area contributed by atoms with E-state index in [-0.39, 0.29) is 16.3 Å². The van der Waals surface area contributed by atoms with Gasteiger partial charge in [0.1, 0.15) is 5.75 Å². The van der Waals surface area contributed by atoms with Gasteiger partial charge in [-0.25, -0.2) is 0 Å². The first kappa shape index (κ1) is 19.1. The number of benzene rings is 2. The number of carbonyl (C=O) groups is 1. The number of rotatable bonds is 3. The first-order valence-corrected chi connectivity index (χ1v) is 9.91. The topological polar surface area (TPSA) is 106 Å². The summed E-state index contributed by atoms with van der Waals surface area (Å²) in [6.45, 7) is 0. The van der Waals surface area contributed by atoms with E-state index in [0.717, 1.165) is 0 Å². The average molecular weight is 455 g/mol. The summed E-state index contributed by atoms with van der Waals surface area (Å²) in [5, 5.41) is 24.2. The van der Waals surface area contributed by atoms with E-state index in [1.807, 2.05) is 0 Å². The standard InChI is InChI=1S/C17H10Cl3N5O2S/c18-8-4-10(14(20)11(19)5-8)16-22-23-17-25(16)24-12(6-28-17)7-1-2-13(26)9(3-7)15(21)27/h1-5,26H,6H2,(H2,21,27). The van der Waals surface area contributed by atoms with Gasteiger partial charge in [-0.2, -0.15) is 9.78 Å². The monoisotopic (exact) mass is 453 g/mol. The van der Waals surface area contributed by atoms with Crippen molar-refractivity contribution in [2.24, 2.45) is 10.8 Å². The Labute approximate surface area is 178 Å². The highest BCUT2D eigenvalue weighted by atomic mass is 35.5. The molecule has 3 aromatic rings. The third-order valence-electron chi connectivity index (χ3n) is 4.00. The van der Waals surface area contributed by atoms with Crippen LogP contribution in [-0.4, -0.2) is 37.4 Å². The summed E-state index contributed by atoms with van der Waals surface area (Å²) in [6.07, 6.45) is 0. The van der Waals surface area contributed by atoms with E-state index < -0.39 is 5.91 Å². The Bertz CT molecular complexity index is 1160. The van der Waals surface area contributed by atoms with E-state index in [9.17, 15) is 9.90 Å². The van der Waals surface area contributed by atoms with Gasteiger partial charge in [0, 0.05) is 16.3 Å². The molecule has 1 aromatic heterocycles. The molecule has 0 atom stereocenters. The number of nitrogens with two attached hydrogens (primary N) is 1. The average Bonchev–Trinajstić information content (AvgIpc) is 3.08. The zero-order valence-corrected chi connectivity index (χ0v) is 16.9. The van der Waals surface area contributed by atoms with Crippen molar-refractivity contribution in [2.75, 3.05) is 5.75 Å². The number of aromatic hydroxyl groups is 1. The molecule has 0 fully saturated rings. The number of hydrogen-bond acceptors (Lipinski definition) is 6. The van der Waals surface area contributed by atoms with Crippen LogP contribution in [-0.2, 0) is 0 Å². The lowest BCUT2D eigenvalue weighted by Gasteiger charge is -2.15. The molecular weight excluding hydrogens is 445 g/mol. The summed E-state index contributed by atoms with van der Waals surface area (Å²) in [7, 11) is 0. The maximum Gasteiger partial charge on any atom is 0.252 e. The number of hydrogen-bond donors (Lipinski definition) is 2. The van der Waals surface area contributed by atoms with Crippen molar-refractivity contribution in [3.63, 3.8) is 0 Å². The zero-order valence-electron chi connectivity index (χ0n) is 13.9. The first-order valence-electron chi connectivity index (χ1n) is 7.79. The van der Waals surface area contributed by atoms with Crippen LogP contribution in [0.1, 0.15) is 15.9 Å². The number of thioether (sulfide) groups is 1. The van der Waals surface area contributed by atoms with Crippen molar-refractivity contribution in [2.45, 2.75) is 5.16 Å². The van der Waals surface area contributed by atoms with Crippen molar-refractivity contribution in [3.8, 4) is 17.1 Å². The van der Waals surface area contributed by atoms with Crippen LogP contribution in [0.5, 0.6) is 5.75 Å². The normalized spacial score (nSPS) is 13.2. The van der Waals surface area contributed by atoms with Gasteiger partial charge in [0.2, 0.25) is 5.16 Å². The lowest BCUT2D eigenvalue weighted by atomic mass is 10.1. The van der Waals surface area contributed by atoms with Crippen LogP contribution in [0, 0.1) is 0 Å². The highest BCUT2D eigenvalue weighted by Gasteiger charge is 2.24. The van der Waals surface area contributed by atoms with Crippen LogP contribution in [0.4, 0.5) is 0 Å². The van der Waals surface area contributed by atoms with Crippen molar-refractivity contribution >= 4 is 58.2 Å². The second-order valence-electron chi connectivity index (χ2n) is 5.80. The molecule has 0 radical (unpaired) electrons. The number of halogens is 3. The van der Waals surface area contributed by atoms with E-state index >= 15 is 0 Å². The molecule has 0 saturated heterocycles. The van der Waals surface area contributed by atoms with Crippen LogP contribution in [0.25, 0.3) is 11.4 Å². The van der Waals surface area contributed by atoms with Crippen LogP contribution in [0.2, 0.25) is 15.1 Å². The largest absolute Gasteiger partial charge is 0.507 e. The van der Waals surface area contributed by atoms with Crippen LogP contribution >= 0.6 is 46.6 Å². The van der Waals surface area contributed by atoms with E-state index in [1.54, 1.807) is 12.1 Å². The summed E-state index contributed by atoms with van der Waals surface area (Å²) < 4.78 is 1.54. The molecule has 0 aliphatic carbocycles. The number of fused-ring (bicyclic) bond motifs is 1. The van der Waals surface area contributed by atoms with Gasteiger partial charge in [0.05, 0.1) is 21.3 Å². The molecule has 4 rings (SSSR count). The Balaban J connectivity index is 1.84. The number of nitrogens with zero attached hydrogens (tertiary/aromatic N) is 4. The van der Waals surface area contributed by atoms with Gasteiger partial charge in [-0.1, -0.05) is 46.6 Å². The smallest absolute Gasteiger partial charge is 0.252 e. The van der Waals surface area contributed by atoms with Crippen molar-refractivity contribution < 1.29 is 9.90 Å². The molecule has 7 nitrogen and oxygen atoms in total. The molecule has 1 aliphatic rings. The predicted octanol–water partition coefficient (Wildman–Crippen LogP) is 4.07. The fraction of sp³-hybridized carbons (Fsp3) is 0.0588. The van der Waals surface area contributed by atoms with Crippen molar-refractivity contribution in [1.82, 2.24) is 14.9 Å². The van der Waals surface area contributed by atoms with Gasteiger partial charge in [-0.15, -0.1) is 10.2 Å². The summed E-state index contributed by atoms with van der Waals surface area (Å²) in [4.78, 5) is 11.5. The third-order valence-corrected chi connectivity index (χ3v) is 5.95. The minimum absolute atomic E-state index is 0.0182. The number of aromatic nitrogens is 3. The van der Waals surface area contributed by atoms with E-state index in [0.29, 0.717) is 43.6 Å². The second-order valence-corrected chi connectivity index (χ2v) is 7.96. The molecule has 1 amide bonds. The molecule has 0 unspecified atom stereocenters. The minimum Gasteiger partial charge on any atom is -0.507 e. The molecule has 0 bridgehead atoms. The maximum absolute atomic E-state index is 11.5. The summed E-state index contributed by atoms with van der Waals surface area (Å²) in [6, 6.07) is 7.72. The molecule has 2 heterocycles. The lowest BCUT2D eigenvalue weighted by molar-refractivity contribution is 0.0997. The molecular formula is C17H10Cl3N5O2S. The van der Waals surface area contributed by atoms with Crippen molar-refractivity contribution in [1.29, 1.82) is 0 Å². The SMILES string of the molecule is NC(=O)c1cc(C2=Nn3c(nnc3-c3cc(Cl)cc(Cl)c3Cl)SC2)ccc1O. The molecule has 142 valence electrons. The van der Waals surface area contributed by atoms with Gasteiger partial charge in [-0.3, -0.25) is 4.79 Å². The van der Waals surface area contributed by atoms with Gasteiger partial charge < -0.3 is 10.8 Å². The molecule has 0 spiro atoms. The Morgan fingerprint density at radius 3 is 2.71 bits per heavy atom. The summed E-state index contributed by atoms with van der Waals surface area (Å²) in [5.74, 6) is -0.0470. The van der Waals surface area contributed by atoms with Crippen molar-refractivity contribution in [3.05, 3.63) is 56.5 Å². The first-order chi connectivity index (χ1) is 13.3. The van der Waals surface area contributed by atoms with E-state index in [4.69, 9.17) is 40.5 Å². The summed E-state index contributed by atoms with van der Waals surface area (Å²) in [5.41, 5.74) is 7.10. The molecule has 1 aliphatic heterocycles. The maximum atomic E-state index is 11.5. The second kappa shape index (κ2) is 7.29. The van der Waals surface area contributed by atoms with E-state index in [2.05, 4.69) is 15.3 Å². The zero-order chi connectivity index (χ0) is 20.0. The van der Waals surface area contributed by atoms with Gasteiger partial charge in [-0.05, 0) is 35.9 Å². The highest BCUT2D eigenvalue weighted by molar-refractivity contribution is 7.99. The minimum atomic E-state index is -0.727. The van der Waals surface area contributed by atoms with Gasteiger partial charge in [0.15, 0.2) is 5.82 Å². The quantitative estimate of drug-likeness (QED) is 0.580. The number of primary amides is 1. The number of amides is 1. The molecule has 11 heteroatoms. The highest BCUT2D eigenvalue weighted by Crippen LogP contribution is 2.37. The summed E-state index contributed by atoms with van der Waals surface area (Å²) >= 11 is 20.0. The fourth-order valence-corrected chi connectivity index (χ4v) is 4.19. The Hall–Kier alpha value is -2.26. The molecule has 28 heavy (non-hydrogen) atoms. The number of carbonyl (C=O) groups excluding carboxylic acids is 1.